The van der Waals surface area contributed by atoms with Crippen LogP contribution in [-0.4, -0.2) is 41.0 Å². The number of rotatable bonds is 3. The summed E-state index contributed by atoms with van der Waals surface area (Å²) in [5.41, 5.74) is 3.91. The highest BCUT2D eigenvalue weighted by molar-refractivity contribution is 6.07. The molecule has 29 heavy (non-hydrogen) atoms. The Bertz CT molecular complexity index is 947. The smallest absolute Gasteiger partial charge is 0.407 e. The van der Waals surface area contributed by atoms with E-state index in [-0.39, 0.29) is 24.9 Å². The molecule has 6 nitrogen and oxygen atoms in total. The van der Waals surface area contributed by atoms with Gasteiger partial charge in [-0.25, -0.2) is 4.79 Å². The van der Waals surface area contributed by atoms with Crippen molar-refractivity contribution in [2.75, 3.05) is 6.61 Å². The van der Waals surface area contributed by atoms with E-state index in [0.29, 0.717) is 0 Å². The normalized spacial score (nSPS) is 18.6. The molecule has 1 heterocycles. The summed E-state index contributed by atoms with van der Waals surface area (Å²) >= 11 is 0. The Morgan fingerprint density at radius 1 is 1.03 bits per heavy atom. The lowest BCUT2D eigenvalue weighted by molar-refractivity contribution is -0.144. The zero-order chi connectivity index (χ0) is 20.8. The summed E-state index contributed by atoms with van der Waals surface area (Å²) in [4.78, 5) is 38.3. The lowest BCUT2D eigenvalue weighted by Crippen LogP contribution is -2.49. The second-order valence-electron chi connectivity index (χ2n) is 8.46. The molecule has 1 N–H and O–H groups in total. The fourth-order valence-corrected chi connectivity index (χ4v) is 4.23. The molecule has 0 aromatic heterocycles. The number of hydrogen-bond acceptors (Lipinski definition) is 4. The number of ether oxygens (including phenoxy) is 1. The Hall–Kier alpha value is -3.15. The highest BCUT2D eigenvalue weighted by Gasteiger charge is 2.45. The first-order valence-electron chi connectivity index (χ1n) is 9.76. The van der Waals surface area contributed by atoms with Gasteiger partial charge in [0.2, 0.25) is 5.91 Å². The third-order valence-corrected chi connectivity index (χ3v) is 5.45. The van der Waals surface area contributed by atoms with Crippen molar-refractivity contribution < 1.29 is 19.1 Å². The molecule has 1 atom stereocenters. The summed E-state index contributed by atoms with van der Waals surface area (Å²) in [6.07, 6.45) is -0.728. The number of carbonyl (C=O) groups excluding carboxylic acids is 3. The van der Waals surface area contributed by atoms with Crippen molar-refractivity contribution >= 4 is 17.9 Å². The quantitative estimate of drug-likeness (QED) is 0.812. The Labute approximate surface area is 169 Å². The van der Waals surface area contributed by atoms with Gasteiger partial charge in [0.1, 0.15) is 12.6 Å². The van der Waals surface area contributed by atoms with Crippen LogP contribution in [0.5, 0.6) is 0 Å². The molecule has 2 aromatic carbocycles. The van der Waals surface area contributed by atoms with Crippen molar-refractivity contribution in [2.45, 2.75) is 44.7 Å². The standard InChI is InChI=1S/C23H24N2O4/c1-23(2,3)25-20(26)12-19(21(25)27)24-22(28)29-13-18-16-10-6-4-8-14(16)15-9-5-7-11-17(15)18/h4-11,18-19H,12-13H2,1-3H3,(H,24,28)/t19-/m1/s1. The minimum Gasteiger partial charge on any atom is -0.449 e. The Kier molecular flexibility index (Phi) is 4.65. The summed E-state index contributed by atoms with van der Waals surface area (Å²) in [7, 11) is 0. The van der Waals surface area contributed by atoms with Crippen molar-refractivity contribution in [3.05, 3.63) is 59.7 Å². The predicted molar refractivity (Wildman–Crippen MR) is 108 cm³/mol. The molecule has 6 heteroatoms. The zero-order valence-electron chi connectivity index (χ0n) is 16.8. The predicted octanol–water partition coefficient (Wildman–Crippen LogP) is 3.45. The zero-order valence-corrected chi connectivity index (χ0v) is 16.8. The summed E-state index contributed by atoms with van der Waals surface area (Å²) in [6, 6.07) is 15.3. The maximum atomic E-state index is 12.5. The first-order valence-corrected chi connectivity index (χ1v) is 9.76. The van der Waals surface area contributed by atoms with Gasteiger partial charge in [-0.3, -0.25) is 14.5 Å². The number of hydrogen-bond donors (Lipinski definition) is 1. The lowest BCUT2D eigenvalue weighted by atomic mass is 9.98. The molecule has 1 fully saturated rings. The molecule has 2 aromatic rings. The Morgan fingerprint density at radius 2 is 1.59 bits per heavy atom. The van der Waals surface area contributed by atoms with Crippen LogP contribution in [-0.2, 0) is 14.3 Å². The van der Waals surface area contributed by atoms with E-state index < -0.39 is 23.6 Å². The molecule has 0 bridgehead atoms. The van der Waals surface area contributed by atoms with Gasteiger partial charge in [0.05, 0.1) is 6.42 Å². The van der Waals surface area contributed by atoms with Crippen molar-refractivity contribution in [1.82, 2.24) is 10.2 Å². The van der Waals surface area contributed by atoms with Gasteiger partial charge < -0.3 is 10.1 Å². The van der Waals surface area contributed by atoms with E-state index in [1.165, 1.54) is 4.90 Å². The van der Waals surface area contributed by atoms with Crippen LogP contribution in [0.4, 0.5) is 4.79 Å². The van der Waals surface area contributed by atoms with Gasteiger partial charge in [-0.05, 0) is 43.0 Å². The molecule has 0 saturated carbocycles. The van der Waals surface area contributed by atoms with Crippen LogP contribution in [0.1, 0.15) is 44.2 Å². The van der Waals surface area contributed by atoms with Crippen molar-refractivity contribution in [2.24, 2.45) is 0 Å². The lowest BCUT2D eigenvalue weighted by Gasteiger charge is -2.30. The number of benzene rings is 2. The van der Waals surface area contributed by atoms with Crippen LogP contribution in [0.2, 0.25) is 0 Å². The minimum atomic E-state index is -0.877. The second kappa shape index (κ2) is 7.03. The molecule has 0 unspecified atom stereocenters. The highest BCUT2D eigenvalue weighted by Crippen LogP contribution is 2.44. The number of nitrogens with zero attached hydrogens (tertiary/aromatic N) is 1. The van der Waals surface area contributed by atoms with Crippen LogP contribution < -0.4 is 5.32 Å². The van der Waals surface area contributed by atoms with Crippen LogP contribution in [0.3, 0.4) is 0 Å². The van der Waals surface area contributed by atoms with Crippen molar-refractivity contribution in [1.29, 1.82) is 0 Å². The van der Waals surface area contributed by atoms with Crippen LogP contribution in [0.25, 0.3) is 11.1 Å². The minimum absolute atomic E-state index is 0.0414. The Morgan fingerprint density at radius 3 is 2.10 bits per heavy atom. The van der Waals surface area contributed by atoms with Gasteiger partial charge in [-0.2, -0.15) is 0 Å². The molecule has 4 rings (SSSR count). The van der Waals surface area contributed by atoms with Crippen LogP contribution in [0, 0.1) is 0 Å². The van der Waals surface area contributed by atoms with Gasteiger partial charge in [0, 0.05) is 11.5 Å². The number of carbonyl (C=O) groups is 3. The van der Waals surface area contributed by atoms with E-state index in [0.717, 1.165) is 22.3 Å². The maximum absolute atomic E-state index is 12.5. The molecular weight excluding hydrogens is 368 g/mol. The molecule has 2 aliphatic rings. The summed E-state index contributed by atoms with van der Waals surface area (Å²) in [6.45, 7) is 5.53. The Balaban J connectivity index is 1.44. The maximum Gasteiger partial charge on any atom is 0.407 e. The summed E-state index contributed by atoms with van der Waals surface area (Å²) in [5.74, 6) is -0.734. The van der Waals surface area contributed by atoms with E-state index >= 15 is 0 Å². The fourth-order valence-electron chi connectivity index (χ4n) is 4.23. The summed E-state index contributed by atoms with van der Waals surface area (Å²) in [5, 5.41) is 2.56. The van der Waals surface area contributed by atoms with Crippen LogP contribution in [0.15, 0.2) is 48.5 Å². The van der Waals surface area contributed by atoms with E-state index in [2.05, 4.69) is 17.4 Å². The SMILES string of the molecule is CC(C)(C)N1C(=O)C[C@@H](NC(=O)OCC2c3ccccc3-c3ccccc32)C1=O. The molecule has 0 radical (unpaired) electrons. The molecule has 1 aliphatic heterocycles. The molecular formula is C23H24N2O4. The highest BCUT2D eigenvalue weighted by atomic mass is 16.5. The van der Waals surface area contributed by atoms with Crippen molar-refractivity contribution in [3.63, 3.8) is 0 Å². The molecule has 1 saturated heterocycles. The largest absolute Gasteiger partial charge is 0.449 e. The monoisotopic (exact) mass is 392 g/mol. The van der Waals surface area contributed by atoms with Crippen molar-refractivity contribution in [3.8, 4) is 11.1 Å². The van der Waals surface area contributed by atoms with Gasteiger partial charge >= 0.3 is 6.09 Å². The van der Waals surface area contributed by atoms with E-state index in [9.17, 15) is 14.4 Å². The number of nitrogens with one attached hydrogen (secondary N) is 1. The summed E-state index contributed by atoms with van der Waals surface area (Å²) < 4.78 is 5.47. The molecule has 1 aliphatic carbocycles. The first-order chi connectivity index (χ1) is 13.8. The molecule has 3 amide bonds. The number of likely N-dealkylation sites (tertiary alicyclic amines) is 1. The third kappa shape index (κ3) is 3.39. The fraction of sp³-hybridized carbons (Fsp3) is 0.348. The average molecular weight is 392 g/mol. The third-order valence-electron chi connectivity index (χ3n) is 5.45. The average Bonchev–Trinajstić information content (AvgIpc) is 3.14. The molecule has 150 valence electrons. The molecule has 0 spiro atoms. The topological polar surface area (TPSA) is 75.7 Å². The number of fused-ring (bicyclic) bond motifs is 3. The number of amides is 3. The van der Waals surface area contributed by atoms with E-state index in [1.807, 2.05) is 36.4 Å². The van der Waals surface area contributed by atoms with E-state index in [4.69, 9.17) is 4.74 Å². The number of imide groups is 1. The van der Waals surface area contributed by atoms with Gasteiger partial charge in [-0.1, -0.05) is 48.5 Å². The number of alkyl carbamates (subject to hydrolysis) is 1. The first kappa shape index (κ1) is 19.2. The van der Waals surface area contributed by atoms with Gasteiger partial charge in [0.25, 0.3) is 5.91 Å². The van der Waals surface area contributed by atoms with Gasteiger partial charge in [-0.15, -0.1) is 0 Å². The van der Waals surface area contributed by atoms with E-state index in [1.54, 1.807) is 20.8 Å². The second-order valence-corrected chi connectivity index (χ2v) is 8.46. The van der Waals surface area contributed by atoms with Gasteiger partial charge in [0.15, 0.2) is 0 Å². The van der Waals surface area contributed by atoms with Crippen LogP contribution >= 0.6 is 0 Å².